The molecule has 1 aromatic carbocycles. The summed E-state index contributed by atoms with van der Waals surface area (Å²) in [7, 11) is 1.97. The van der Waals surface area contributed by atoms with Crippen molar-refractivity contribution in [1.29, 1.82) is 0 Å². The molecule has 0 N–H and O–H groups in total. The van der Waals surface area contributed by atoms with Gasteiger partial charge >= 0.3 is 5.78 Å². The summed E-state index contributed by atoms with van der Waals surface area (Å²) in [5.41, 5.74) is 4.81. The third-order valence-corrected chi connectivity index (χ3v) is 3.71. The number of rotatable bonds is 1. The maximum atomic E-state index is 5.93. The molecule has 0 unspecified atom stereocenters. The predicted octanol–water partition coefficient (Wildman–Crippen LogP) is 3.08. The van der Waals surface area contributed by atoms with Gasteiger partial charge in [0.15, 0.2) is 17.0 Å². The van der Waals surface area contributed by atoms with Crippen molar-refractivity contribution in [2.24, 2.45) is 7.05 Å². The SMILES string of the molecule is Cc1nc2c(o1)oc1c(-c3ccnc[n+]3C)c(C)ccc12. The van der Waals surface area contributed by atoms with E-state index in [1.165, 1.54) is 0 Å². The zero-order valence-electron chi connectivity index (χ0n) is 12.0. The molecule has 0 aliphatic rings. The molecule has 0 radical (unpaired) electrons. The molecule has 0 aliphatic carbocycles. The Kier molecular flexibility index (Phi) is 2.39. The summed E-state index contributed by atoms with van der Waals surface area (Å²) in [6, 6.07) is 6.09. The van der Waals surface area contributed by atoms with Crippen LogP contribution in [0.5, 0.6) is 0 Å². The van der Waals surface area contributed by atoms with E-state index in [4.69, 9.17) is 8.83 Å². The third-order valence-electron chi connectivity index (χ3n) is 3.71. The van der Waals surface area contributed by atoms with Gasteiger partial charge in [-0.2, -0.15) is 0 Å². The first-order valence-corrected chi connectivity index (χ1v) is 6.74. The minimum absolute atomic E-state index is 0.478. The molecule has 104 valence electrons. The molecule has 0 saturated carbocycles. The molecule has 3 heterocycles. The van der Waals surface area contributed by atoms with E-state index in [1.807, 2.05) is 30.7 Å². The van der Waals surface area contributed by atoms with E-state index < -0.39 is 0 Å². The highest BCUT2D eigenvalue weighted by molar-refractivity contribution is 6.06. The highest BCUT2D eigenvalue weighted by Crippen LogP contribution is 2.36. The summed E-state index contributed by atoms with van der Waals surface area (Å²) in [5.74, 6) is 1.09. The van der Waals surface area contributed by atoms with Crippen molar-refractivity contribution in [1.82, 2.24) is 9.97 Å². The molecule has 0 spiro atoms. The van der Waals surface area contributed by atoms with Crippen molar-refractivity contribution < 1.29 is 13.4 Å². The molecule has 21 heavy (non-hydrogen) atoms. The number of furan rings is 1. The Morgan fingerprint density at radius 2 is 1.95 bits per heavy atom. The topological polar surface area (TPSA) is 55.9 Å². The van der Waals surface area contributed by atoms with Gasteiger partial charge < -0.3 is 8.83 Å². The van der Waals surface area contributed by atoms with Gasteiger partial charge in [-0.1, -0.05) is 11.1 Å². The molecule has 0 atom stereocenters. The van der Waals surface area contributed by atoms with E-state index in [1.54, 1.807) is 12.5 Å². The van der Waals surface area contributed by atoms with Gasteiger partial charge in [-0.25, -0.2) is 9.55 Å². The van der Waals surface area contributed by atoms with Gasteiger partial charge in [0, 0.05) is 13.0 Å². The van der Waals surface area contributed by atoms with Crippen LogP contribution in [-0.4, -0.2) is 9.97 Å². The maximum absolute atomic E-state index is 5.93. The Labute approximate surface area is 120 Å². The zero-order chi connectivity index (χ0) is 14.6. The fourth-order valence-electron chi connectivity index (χ4n) is 2.72. The van der Waals surface area contributed by atoms with E-state index >= 15 is 0 Å². The van der Waals surface area contributed by atoms with Crippen LogP contribution in [0.25, 0.3) is 33.5 Å². The van der Waals surface area contributed by atoms with E-state index in [-0.39, 0.29) is 0 Å². The first kappa shape index (κ1) is 12.1. The van der Waals surface area contributed by atoms with Crippen molar-refractivity contribution in [3.05, 3.63) is 42.2 Å². The summed E-state index contributed by atoms with van der Waals surface area (Å²) in [5, 5.41) is 0.972. The van der Waals surface area contributed by atoms with Crippen LogP contribution in [0, 0.1) is 13.8 Å². The van der Waals surface area contributed by atoms with Crippen LogP contribution >= 0.6 is 0 Å². The average Bonchev–Trinajstić information content (AvgIpc) is 2.96. The Balaban J connectivity index is 2.15. The van der Waals surface area contributed by atoms with Crippen molar-refractivity contribution in [2.75, 3.05) is 0 Å². The van der Waals surface area contributed by atoms with Crippen LogP contribution in [0.4, 0.5) is 0 Å². The zero-order valence-corrected chi connectivity index (χ0v) is 12.0. The molecule has 0 amide bonds. The molecule has 5 nitrogen and oxygen atoms in total. The lowest BCUT2D eigenvalue weighted by molar-refractivity contribution is -0.663. The van der Waals surface area contributed by atoms with Crippen molar-refractivity contribution >= 4 is 22.3 Å². The number of benzene rings is 1. The normalized spacial score (nSPS) is 11.6. The average molecular weight is 280 g/mol. The second-order valence-electron chi connectivity index (χ2n) is 5.18. The van der Waals surface area contributed by atoms with E-state index in [2.05, 4.69) is 23.0 Å². The third kappa shape index (κ3) is 1.67. The molecule has 0 aliphatic heterocycles. The molecular formula is C16H14N3O2+. The Morgan fingerprint density at radius 3 is 2.76 bits per heavy atom. The predicted molar refractivity (Wildman–Crippen MR) is 77.7 cm³/mol. The van der Waals surface area contributed by atoms with Crippen LogP contribution in [0.15, 0.2) is 39.6 Å². The Hall–Kier alpha value is -2.69. The van der Waals surface area contributed by atoms with Crippen LogP contribution in [-0.2, 0) is 7.05 Å². The van der Waals surface area contributed by atoms with E-state index in [9.17, 15) is 0 Å². The second kappa shape index (κ2) is 4.15. The Morgan fingerprint density at radius 1 is 1.10 bits per heavy atom. The number of hydrogen-bond acceptors (Lipinski definition) is 4. The quantitative estimate of drug-likeness (QED) is 0.503. The van der Waals surface area contributed by atoms with E-state index in [0.29, 0.717) is 11.7 Å². The number of oxazole rings is 1. The van der Waals surface area contributed by atoms with Crippen molar-refractivity contribution in [2.45, 2.75) is 13.8 Å². The lowest BCUT2D eigenvalue weighted by atomic mass is 10.0. The number of hydrogen-bond donors (Lipinski definition) is 0. The molecule has 4 aromatic rings. The minimum atomic E-state index is 0.478. The van der Waals surface area contributed by atoms with Crippen molar-refractivity contribution in [3.63, 3.8) is 0 Å². The second-order valence-corrected chi connectivity index (χ2v) is 5.18. The van der Waals surface area contributed by atoms with E-state index in [0.717, 1.165) is 33.3 Å². The molecule has 4 rings (SSSR count). The molecule has 0 bridgehead atoms. The first-order chi connectivity index (χ1) is 10.1. The van der Waals surface area contributed by atoms with Crippen molar-refractivity contribution in [3.8, 4) is 11.3 Å². The molecule has 0 saturated heterocycles. The van der Waals surface area contributed by atoms with Gasteiger partial charge in [-0.05, 0) is 18.6 Å². The summed E-state index contributed by atoms with van der Waals surface area (Å²) in [6.45, 7) is 3.89. The molecular weight excluding hydrogens is 266 g/mol. The number of fused-ring (bicyclic) bond motifs is 3. The number of nitrogens with zero attached hydrogens (tertiary/aromatic N) is 3. The Bertz CT molecular complexity index is 982. The fraction of sp³-hybridized carbons (Fsp3) is 0.188. The summed E-state index contributed by atoms with van der Waals surface area (Å²) >= 11 is 0. The largest absolute Gasteiger partial charge is 0.423 e. The monoisotopic (exact) mass is 280 g/mol. The van der Waals surface area contributed by atoms with Gasteiger partial charge in [0.05, 0.1) is 18.0 Å². The summed E-state index contributed by atoms with van der Waals surface area (Å²) in [6.07, 6.45) is 3.56. The van der Waals surface area contributed by atoms with Gasteiger partial charge in [0.1, 0.15) is 11.9 Å². The lowest BCUT2D eigenvalue weighted by Crippen LogP contribution is -2.31. The molecule has 3 aromatic heterocycles. The van der Waals surface area contributed by atoms with Gasteiger partial charge in [-0.3, -0.25) is 0 Å². The van der Waals surface area contributed by atoms with Gasteiger partial charge in [0.2, 0.25) is 0 Å². The van der Waals surface area contributed by atoms with Gasteiger partial charge in [-0.15, -0.1) is 0 Å². The highest BCUT2D eigenvalue weighted by Gasteiger charge is 2.20. The van der Waals surface area contributed by atoms with Gasteiger partial charge in [0.25, 0.3) is 6.33 Å². The first-order valence-electron chi connectivity index (χ1n) is 6.74. The number of aromatic nitrogens is 3. The van der Waals surface area contributed by atoms with Crippen LogP contribution < -0.4 is 4.57 Å². The van der Waals surface area contributed by atoms with Crippen LogP contribution in [0.1, 0.15) is 11.5 Å². The maximum Gasteiger partial charge on any atom is 0.319 e. The fourth-order valence-corrected chi connectivity index (χ4v) is 2.72. The standard InChI is InChI=1S/C16H14N3O2/c1-9-4-5-11-14-16(20-10(2)18-14)21-15(11)13(9)12-6-7-17-8-19(12)3/h4-8H,1-3H3/q+1. The highest BCUT2D eigenvalue weighted by atomic mass is 16.5. The molecule has 5 heteroatoms. The summed E-state index contributed by atoms with van der Waals surface area (Å²) < 4.78 is 13.4. The molecule has 0 fully saturated rings. The lowest BCUT2D eigenvalue weighted by Gasteiger charge is -2.06. The number of aryl methyl sites for hydroxylation is 3. The van der Waals surface area contributed by atoms with Crippen LogP contribution in [0.2, 0.25) is 0 Å². The van der Waals surface area contributed by atoms with Crippen LogP contribution in [0.3, 0.4) is 0 Å². The smallest absolute Gasteiger partial charge is 0.319 e. The summed E-state index contributed by atoms with van der Waals surface area (Å²) in [4.78, 5) is 8.53. The minimum Gasteiger partial charge on any atom is -0.423 e.